The Morgan fingerprint density at radius 3 is 2.60 bits per heavy atom. The Balaban J connectivity index is 1.74. The summed E-state index contributed by atoms with van der Waals surface area (Å²) in [4.78, 5) is 23.5. The summed E-state index contributed by atoms with van der Waals surface area (Å²) in [5.41, 5.74) is 6.09. The highest BCUT2D eigenvalue weighted by molar-refractivity contribution is 5.95. The molecule has 1 saturated heterocycles. The van der Waals surface area contributed by atoms with E-state index in [4.69, 9.17) is 9.47 Å². The van der Waals surface area contributed by atoms with Crippen molar-refractivity contribution in [1.82, 2.24) is 10.9 Å². The van der Waals surface area contributed by atoms with Crippen molar-refractivity contribution in [2.24, 2.45) is 5.92 Å². The van der Waals surface area contributed by atoms with Gasteiger partial charge in [-0.3, -0.25) is 14.9 Å². The fourth-order valence-corrected chi connectivity index (χ4v) is 3.12. The molecular weight excluding hydrogens is 328 g/mol. The molecule has 3 rings (SSSR count). The molecule has 0 aliphatic carbocycles. The second-order valence-electron chi connectivity index (χ2n) is 7.07. The van der Waals surface area contributed by atoms with Crippen molar-refractivity contribution in [2.75, 3.05) is 5.32 Å². The predicted molar refractivity (Wildman–Crippen MR) is 89.9 cm³/mol. The summed E-state index contributed by atoms with van der Waals surface area (Å²) in [5, 5.41) is 14.1. The van der Waals surface area contributed by atoms with Crippen molar-refractivity contribution in [1.29, 1.82) is 0 Å². The van der Waals surface area contributed by atoms with Crippen LogP contribution in [-0.2, 0) is 4.79 Å². The fourth-order valence-electron chi connectivity index (χ4n) is 3.12. The Morgan fingerprint density at radius 2 is 1.96 bits per heavy atom. The zero-order valence-electron chi connectivity index (χ0n) is 14.5. The number of benzene rings is 1. The molecule has 3 unspecified atom stereocenters. The van der Waals surface area contributed by atoms with Crippen LogP contribution >= 0.6 is 0 Å². The molecule has 0 bridgehead atoms. The zero-order chi connectivity index (χ0) is 18.4. The normalized spacial score (nSPS) is 26.7. The Morgan fingerprint density at radius 1 is 1.28 bits per heavy atom. The molecule has 1 aromatic rings. The highest BCUT2D eigenvalue weighted by Crippen LogP contribution is 2.40. The first kappa shape index (κ1) is 17.4. The Bertz CT molecular complexity index is 706. The number of amides is 1. The van der Waals surface area contributed by atoms with Crippen LogP contribution in [-0.4, -0.2) is 34.7 Å². The van der Waals surface area contributed by atoms with E-state index in [9.17, 15) is 14.9 Å². The van der Waals surface area contributed by atoms with Crippen LogP contribution in [0.3, 0.4) is 0 Å². The first-order valence-corrected chi connectivity index (χ1v) is 8.15. The molecule has 3 N–H and O–H groups in total. The molecule has 2 aliphatic heterocycles. The number of hydrogen-bond donors (Lipinski definition) is 3. The van der Waals surface area contributed by atoms with Crippen molar-refractivity contribution in [3.05, 3.63) is 28.3 Å². The van der Waals surface area contributed by atoms with Crippen LogP contribution in [0.25, 0.3) is 0 Å². The lowest BCUT2D eigenvalue weighted by Crippen LogP contribution is -2.48. The van der Waals surface area contributed by atoms with Crippen LogP contribution in [0.2, 0.25) is 0 Å². The highest BCUT2D eigenvalue weighted by Gasteiger charge is 2.49. The average molecular weight is 350 g/mol. The molecule has 9 nitrogen and oxygen atoms in total. The van der Waals surface area contributed by atoms with E-state index in [0.29, 0.717) is 17.2 Å². The van der Waals surface area contributed by atoms with Crippen LogP contribution < -0.4 is 25.6 Å². The number of nitrogens with zero attached hydrogens (tertiary/aromatic N) is 1. The second kappa shape index (κ2) is 6.16. The zero-order valence-corrected chi connectivity index (χ0v) is 14.5. The summed E-state index contributed by atoms with van der Waals surface area (Å²) in [7, 11) is 0. The Labute approximate surface area is 145 Å². The minimum Gasteiger partial charge on any atom is -0.449 e. The molecule has 9 heteroatoms. The lowest BCUT2D eigenvalue weighted by Gasteiger charge is -2.18. The maximum absolute atomic E-state index is 12.5. The summed E-state index contributed by atoms with van der Waals surface area (Å²) in [6.07, 6.45) is 0. The van der Waals surface area contributed by atoms with Crippen molar-refractivity contribution in [3.63, 3.8) is 0 Å². The lowest BCUT2D eigenvalue weighted by molar-refractivity contribution is -0.524. The van der Waals surface area contributed by atoms with E-state index in [1.54, 1.807) is 32.0 Å². The molecule has 0 spiro atoms. The molecule has 1 fully saturated rings. The van der Waals surface area contributed by atoms with Crippen molar-refractivity contribution >= 4 is 11.6 Å². The van der Waals surface area contributed by atoms with Crippen LogP contribution in [0.15, 0.2) is 18.2 Å². The van der Waals surface area contributed by atoms with Gasteiger partial charge in [-0.25, -0.2) is 10.9 Å². The predicted octanol–water partition coefficient (Wildman–Crippen LogP) is 1.28. The molecular formula is C16H22N4O5. The topological polar surface area (TPSA) is 115 Å². The molecule has 0 radical (unpaired) electrons. The number of nitro groups is 1. The number of fused-ring (bicyclic) bond motifs is 1. The van der Waals surface area contributed by atoms with Crippen LogP contribution in [0.5, 0.6) is 11.5 Å². The van der Waals surface area contributed by atoms with E-state index < -0.39 is 34.7 Å². The number of anilines is 1. The fraction of sp³-hybridized carbons (Fsp3) is 0.562. The Hall–Kier alpha value is -2.39. The number of rotatable bonds is 4. The van der Waals surface area contributed by atoms with E-state index in [-0.39, 0.29) is 5.92 Å². The quantitative estimate of drug-likeness (QED) is 0.553. The lowest BCUT2D eigenvalue weighted by atomic mass is 9.94. The van der Waals surface area contributed by atoms with Crippen molar-refractivity contribution in [3.8, 4) is 11.5 Å². The maximum Gasteiger partial charge on any atom is 0.255 e. The van der Waals surface area contributed by atoms with Gasteiger partial charge >= 0.3 is 0 Å². The van der Waals surface area contributed by atoms with Gasteiger partial charge in [-0.05, 0) is 18.1 Å². The first-order valence-electron chi connectivity index (χ1n) is 8.15. The average Bonchev–Trinajstić information content (AvgIpc) is 3.06. The number of hydrazine groups is 1. The molecule has 1 aromatic carbocycles. The third-order valence-corrected chi connectivity index (χ3v) is 4.28. The molecule has 2 heterocycles. The van der Waals surface area contributed by atoms with Gasteiger partial charge in [0, 0.05) is 30.5 Å². The molecule has 1 amide bonds. The summed E-state index contributed by atoms with van der Waals surface area (Å²) in [5.74, 6) is -0.120. The van der Waals surface area contributed by atoms with Gasteiger partial charge in [-0.15, -0.1) is 0 Å². The van der Waals surface area contributed by atoms with Gasteiger partial charge in [0.15, 0.2) is 17.5 Å². The summed E-state index contributed by atoms with van der Waals surface area (Å²) < 4.78 is 11.2. The number of carbonyl (C=O) groups excluding carboxylic acids is 1. The molecule has 2 aliphatic rings. The minimum absolute atomic E-state index is 0.00785. The number of hydrogen-bond acceptors (Lipinski definition) is 7. The van der Waals surface area contributed by atoms with Gasteiger partial charge in [-0.2, -0.15) is 0 Å². The monoisotopic (exact) mass is 350 g/mol. The number of carbonyl (C=O) groups is 1. The summed E-state index contributed by atoms with van der Waals surface area (Å²) >= 11 is 0. The van der Waals surface area contributed by atoms with Gasteiger partial charge in [0.25, 0.3) is 6.04 Å². The van der Waals surface area contributed by atoms with Gasteiger partial charge in [-0.1, -0.05) is 13.8 Å². The van der Waals surface area contributed by atoms with E-state index in [1.165, 1.54) is 0 Å². The van der Waals surface area contributed by atoms with E-state index in [0.717, 1.165) is 0 Å². The third kappa shape index (κ3) is 3.38. The molecule has 0 aromatic heterocycles. The number of ether oxygens (including phenoxy) is 2. The minimum atomic E-state index is -1.05. The van der Waals surface area contributed by atoms with Crippen LogP contribution in [0, 0.1) is 16.0 Å². The van der Waals surface area contributed by atoms with E-state index in [2.05, 4.69) is 16.2 Å². The molecule has 136 valence electrons. The van der Waals surface area contributed by atoms with Gasteiger partial charge in [0.05, 0.1) is 6.04 Å². The standard InChI is InChI=1S/C16H22N4O5/c1-8(2)12-14(20(22)23)13(19-18-12)15(21)17-9-5-6-10-11(7-9)25-16(3,4)24-10/h5-8,12-14,18-19H,1-4H3,(H,17,21). The largest absolute Gasteiger partial charge is 0.449 e. The number of nitrogens with one attached hydrogen (secondary N) is 3. The van der Waals surface area contributed by atoms with Crippen LogP contribution in [0.4, 0.5) is 5.69 Å². The first-order chi connectivity index (χ1) is 11.7. The molecule has 25 heavy (non-hydrogen) atoms. The van der Waals surface area contributed by atoms with Gasteiger partial charge < -0.3 is 14.8 Å². The summed E-state index contributed by atoms with van der Waals surface area (Å²) in [6.45, 7) is 7.31. The Kier molecular flexibility index (Phi) is 4.29. The third-order valence-electron chi connectivity index (χ3n) is 4.28. The maximum atomic E-state index is 12.5. The van der Waals surface area contributed by atoms with Crippen molar-refractivity contribution in [2.45, 2.75) is 51.6 Å². The van der Waals surface area contributed by atoms with Gasteiger partial charge in [0.1, 0.15) is 0 Å². The highest BCUT2D eigenvalue weighted by atomic mass is 16.7. The SMILES string of the molecule is CC(C)C1NNC(C(=O)Nc2ccc3c(c2)OC(C)(C)O3)C1[N+](=O)[O-]. The molecule has 3 atom stereocenters. The summed E-state index contributed by atoms with van der Waals surface area (Å²) in [6, 6.07) is 2.57. The van der Waals surface area contributed by atoms with E-state index >= 15 is 0 Å². The van der Waals surface area contributed by atoms with Gasteiger partial charge in [0.2, 0.25) is 11.7 Å². The van der Waals surface area contributed by atoms with Crippen molar-refractivity contribution < 1.29 is 19.2 Å². The second-order valence-corrected chi connectivity index (χ2v) is 7.07. The smallest absolute Gasteiger partial charge is 0.255 e. The van der Waals surface area contributed by atoms with Crippen LogP contribution in [0.1, 0.15) is 27.7 Å². The molecule has 0 saturated carbocycles. The van der Waals surface area contributed by atoms with E-state index in [1.807, 2.05) is 13.8 Å².